The molecule has 0 radical (unpaired) electrons. The molecule has 0 aromatic carbocycles. The molecule has 0 amide bonds. The summed E-state index contributed by atoms with van der Waals surface area (Å²) in [5, 5.41) is 8.66. The first-order chi connectivity index (χ1) is 10.2. The second-order valence-corrected chi connectivity index (χ2v) is 5.77. The van der Waals surface area contributed by atoms with E-state index in [0.717, 1.165) is 44.9 Å². The molecule has 0 aliphatic carbocycles. The molecule has 0 aliphatic rings. The van der Waals surface area contributed by atoms with Crippen LogP contribution in [-0.4, -0.2) is 17.7 Å². The lowest BCUT2D eigenvalue weighted by molar-refractivity contribution is -0.139. The smallest absolute Gasteiger partial charge is 0.310 e. The van der Waals surface area contributed by atoms with Crippen molar-refractivity contribution in [1.82, 2.24) is 0 Å². The SMILES string of the molecule is C=C(CCCC)OC(=O)CCCCCCCCCCCO. The van der Waals surface area contributed by atoms with E-state index in [4.69, 9.17) is 9.84 Å². The lowest BCUT2D eigenvalue weighted by atomic mass is 10.1. The Balaban J connectivity index is 3.27. The van der Waals surface area contributed by atoms with Crippen LogP contribution in [-0.2, 0) is 9.53 Å². The standard InChI is InChI=1S/C18H34O3/c1-3-4-14-17(2)21-18(20)15-12-10-8-6-5-7-9-11-13-16-19/h19H,2-16H2,1H3. The third-order valence-electron chi connectivity index (χ3n) is 3.61. The number of unbranched alkanes of at least 4 members (excludes halogenated alkanes) is 9. The van der Waals surface area contributed by atoms with Gasteiger partial charge in [-0.15, -0.1) is 0 Å². The van der Waals surface area contributed by atoms with Gasteiger partial charge in [-0.25, -0.2) is 0 Å². The zero-order valence-corrected chi connectivity index (χ0v) is 13.9. The summed E-state index contributed by atoms with van der Waals surface area (Å²) in [6.07, 6.45) is 13.7. The number of hydrogen-bond acceptors (Lipinski definition) is 3. The summed E-state index contributed by atoms with van der Waals surface area (Å²) in [4.78, 5) is 11.5. The lowest BCUT2D eigenvalue weighted by Crippen LogP contribution is -2.03. The molecule has 0 atom stereocenters. The van der Waals surface area contributed by atoms with Crippen LogP contribution in [0.4, 0.5) is 0 Å². The van der Waals surface area contributed by atoms with Gasteiger partial charge in [0.05, 0.1) is 0 Å². The largest absolute Gasteiger partial charge is 0.432 e. The topological polar surface area (TPSA) is 46.5 Å². The van der Waals surface area contributed by atoms with Crippen LogP contribution < -0.4 is 0 Å². The van der Waals surface area contributed by atoms with Crippen molar-refractivity contribution < 1.29 is 14.6 Å². The highest BCUT2D eigenvalue weighted by atomic mass is 16.5. The van der Waals surface area contributed by atoms with E-state index in [9.17, 15) is 4.79 Å². The molecule has 21 heavy (non-hydrogen) atoms. The molecule has 1 N–H and O–H groups in total. The second kappa shape index (κ2) is 15.6. The summed E-state index contributed by atoms with van der Waals surface area (Å²) in [6, 6.07) is 0. The Kier molecular flexibility index (Phi) is 14.9. The molecule has 0 saturated carbocycles. The molecule has 0 fully saturated rings. The summed E-state index contributed by atoms with van der Waals surface area (Å²) in [5.74, 6) is 0.491. The Labute approximate surface area is 130 Å². The van der Waals surface area contributed by atoms with E-state index in [0.29, 0.717) is 18.8 Å². The highest BCUT2D eigenvalue weighted by Gasteiger charge is 2.05. The van der Waals surface area contributed by atoms with Crippen molar-refractivity contribution in [2.75, 3.05) is 6.61 Å². The molecular formula is C18H34O3. The lowest BCUT2D eigenvalue weighted by Gasteiger charge is -2.06. The fourth-order valence-corrected chi connectivity index (χ4v) is 2.26. The maximum Gasteiger partial charge on any atom is 0.310 e. The third-order valence-corrected chi connectivity index (χ3v) is 3.61. The van der Waals surface area contributed by atoms with Gasteiger partial charge in [0.25, 0.3) is 0 Å². The van der Waals surface area contributed by atoms with Crippen molar-refractivity contribution in [3.8, 4) is 0 Å². The number of rotatable bonds is 15. The highest BCUT2D eigenvalue weighted by Crippen LogP contribution is 2.12. The van der Waals surface area contributed by atoms with Gasteiger partial charge in [-0.2, -0.15) is 0 Å². The van der Waals surface area contributed by atoms with E-state index in [2.05, 4.69) is 13.5 Å². The number of aliphatic hydroxyl groups excluding tert-OH is 1. The Hall–Kier alpha value is -0.830. The van der Waals surface area contributed by atoms with Crippen LogP contribution in [0.25, 0.3) is 0 Å². The van der Waals surface area contributed by atoms with Crippen molar-refractivity contribution >= 4 is 5.97 Å². The molecule has 0 bridgehead atoms. The Bertz CT molecular complexity index is 261. The van der Waals surface area contributed by atoms with Crippen molar-refractivity contribution in [3.05, 3.63) is 12.3 Å². The van der Waals surface area contributed by atoms with E-state index in [1.165, 1.54) is 32.1 Å². The number of hydrogen-bond donors (Lipinski definition) is 1. The van der Waals surface area contributed by atoms with E-state index in [1.807, 2.05) is 0 Å². The molecule has 0 saturated heterocycles. The molecule has 124 valence electrons. The fraction of sp³-hybridized carbons (Fsp3) is 0.833. The zero-order valence-electron chi connectivity index (χ0n) is 13.9. The van der Waals surface area contributed by atoms with Gasteiger partial charge in [-0.1, -0.05) is 64.9 Å². The maximum absolute atomic E-state index is 11.5. The average Bonchev–Trinajstić information content (AvgIpc) is 2.47. The Morgan fingerprint density at radius 3 is 1.90 bits per heavy atom. The summed E-state index contributed by atoms with van der Waals surface area (Å²) in [7, 11) is 0. The van der Waals surface area contributed by atoms with Gasteiger partial charge in [-0.05, 0) is 19.3 Å². The van der Waals surface area contributed by atoms with E-state index < -0.39 is 0 Å². The van der Waals surface area contributed by atoms with Crippen molar-refractivity contribution in [3.63, 3.8) is 0 Å². The number of ether oxygens (including phenoxy) is 1. The average molecular weight is 298 g/mol. The summed E-state index contributed by atoms with van der Waals surface area (Å²) >= 11 is 0. The minimum Gasteiger partial charge on any atom is -0.432 e. The normalized spacial score (nSPS) is 10.6. The molecule has 0 rings (SSSR count). The quantitative estimate of drug-likeness (QED) is 0.259. The van der Waals surface area contributed by atoms with E-state index >= 15 is 0 Å². The van der Waals surface area contributed by atoms with Gasteiger partial charge in [0.2, 0.25) is 0 Å². The summed E-state index contributed by atoms with van der Waals surface area (Å²) in [6.45, 7) is 6.21. The number of carbonyl (C=O) groups excluding carboxylic acids is 1. The molecular weight excluding hydrogens is 264 g/mol. The van der Waals surface area contributed by atoms with Gasteiger partial charge >= 0.3 is 5.97 Å². The van der Waals surface area contributed by atoms with Crippen LogP contribution in [0.2, 0.25) is 0 Å². The predicted molar refractivity (Wildman–Crippen MR) is 88.0 cm³/mol. The minimum atomic E-state index is -0.125. The van der Waals surface area contributed by atoms with Crippen LogP contribution in [0.15, 0.2) is 12.3 Å². The molecule has 0 unspecified atom stereocenters. The van der Waals surface area contributed by atoms with Crippen LogP contribution in [0.5, 0.6) is 0 Å². The molecule has 0 spiro atoms. The fourth-order valence-electron chi connectivity index (χ4n) is 2.26. The van der Waals surface area contributed by atoms with Crippen LogP contribution in [0, 0.1) is 0 Å². The van der Waals surface area contributed by atoms with Gasteiger partial charge in [0.1, 0.15) is 5.76 Å². The monoisotopic (exact) mass is 298 g/mol. The van der Waals surface area contributed by atoms with Crippen molar-refractivity contribution in [1.29, 1.82) is 0 Å². The summed E-state index contributed by atoms with van der Waals surface area (Å²) in [5.41, 5.74) is 0. The van der Waals surface area contributed by atoms with E-state index in [1.54, 1.807) is 0 Å². The predicted octanol–water partition coefficient (Wildman–Crippen LogP) is 5.13. The van der Waals surface area contributed by atoms with E-state index in [-0.39, 0.29) is 5.97 Å². The summed E-state index contributed by atoms with van der Waals surface area (Å²) < 4.78 is 5.18. The minimum absolute atomic E-state index is 0.125. The molecule has 3 nitrogen and oxygen atoms in total. The molecule has 0 heterocycles. The maximum atomic E-state index is 11.5. The van der Waals surface area contributed by atoms with Gasteiger partial charge in [0, 0.05) is 19.4 Å². The second-order valence-electron chi connectivity index (χ2n) is 5.77. The zero-order chi connectivity index (χ0) is 15.8. The van der Waals surface area contributed by atoms with Crippen molar-refractivity contribution in [2.45, 2.75) is 90.4 Å². The van der Waals surface area contributed by atoms with Gasteiger partial charge in [0.15, 0.2) is 0 Å². The number of aliphatic hydroxyl groups is 1. The van der Waals surface area contributed by atoms with Gasteiger partial charge in [-0.3, -0.25) is 4.79 Å². The first-order valence-corrected chi connectivity index (χ1v) is 8.70. The van der Waals surface area contributed by atoms with Crippen LogP contribution in [0.3, 0.4) is 0 Å². The first-order valence-electron chi connectivity index (χ1n) is 8.70. The number of carbonyl (C=O) groups is 1. The third kappa shape index (κ3) is 15.4. The van der Waals surface area contributed by atoms with Crippen LogP contribution in [0.1, 0.15) is 90.4 Å². The Morgan fingerprint density at radius 2 is 1.38 bits per heavy atom. The van der Waals surface area contributed by atoms with Crippen LogP contribution >= 0.6 is 0 Å². The van der Waals surface area contributed by atoms with Crippen molar-refractivity contribution in [2.24, 2.45) is 0 Å². The molecule has 3 heteroatoms. The number of esters is 1. The Morgan fingerprint density at radius 1 is 0.857 bits per heavy atom. The van der Waals surface area contributed by atoms with Gasteiger partial charge < -0.3 is 9.84 Å². The number of allylic oxidation sites excluding steroid dienone is 1. The molecule has 0 aromatic rings. The highest BCUT2D eigenvalue weighted by molar-refractivity contribution is 5.70. The molecule has 0 aliphatic heterocycles. The first kappa shape index (κ1) is 20.2. The molecule has 0 aromatic heterocycles.